The maximum Gasteiger partial charge on any atom is 0.191 e. The van der Waals surface area contributed by atoms with Crippen LogP contribution in [0.4, 0.5) is 4.39 Å². The van der Waals surface area contributed by atoms with Crippen LogP contribution < -0.4 is 10.6 Å². The van der Waals surface area contributed by atoms with Crippen LogP contribution in [0.2, 0.25) is 0 Å². The highest BCUT2D eigenvalue weighted by molar-refractivity contribution is 7.91. The largest absolute Gasteiger partial charge is 0.355 e. The van der Waals surface area contributed by atoms with Crippen LogP contribution in [0.3, 0.4) is 0 Å². The molecule has 0 aromatic heterocycles. The second kappa shape index (κ2) is 7.64. The molecule has 110 valence electrons. The van der Waals surface area contributed by atoms with E-state index < -0.39 is 15.7 Å². The predicted molar refractivity (Wildman–Crippen MR) is 78.0 cm³/mol. The zero-order chi connectivity index (χ0) is 15.0. The first-order valence-electron chi connectivity index (χ1n) is 6.04. The van der Waals surface area contributed by atoms with Crippen molar-refractivity contribution in [3.05, 3.63) is 42.7 Å². The first-order valence-corrected chi connectivity index (χ1v) is 7.69. The smallest absolute Gasteiger partial charge is 0.191 e. The first-order chi connectivity index (χ1) is 9.51. The Labute approximate surface area is 118 Å². The van der Waals surface area contributed by atoms with E-state index in [0.29, 0.717) is 12.5 Å². The minimum absolute atomic E-state index is 0.132. The summed E-state index contributed by atoms with van der Waals surface area (Å²) in [6.45, 7) is 4.20. The summed E-state index contributed by atoms with van der Waals surface area (Å²) in [4.78, 5) is 3.63. The van der Waals surface area contributed by atoms with Crippen LogP contribution in [0.15, 0.2) is 46.8 Å². The monoisotopic (exact) mass is 299 g/mol. The number of aliphatic imine (C=N–C) groups is 1. The molecule has 0 atom stereocenters. The van der Waals surface area contributed by atoms with E-state index in [2.05, 4.69) is 22.2 Å². The van der Waals surface area contributed by atoms with Gasteiger partial charge in [0.05, 0.1) is 5.75 Å². The molecule has 0 aliphatic heterocycles. The molecular weight excluding hydrogens is 281 g/mol. The SMILES string of the molecule is C=CCNC(=NC)NCCS(=O)(=O)c1ccccc1F. The fourth-order valence-electron chi connectivity index (χ4n) is 1.50. The summed E-state index contributed by atoms with van der Waals surface area (Å²) >= 11 is 0. The molecule has 1 aromatic rings. The minimum Gasteiger partial charge on any atom is -0.355 e. The molecule has 0 spiro atoms. The topological polar surface area (TPSA) is 70.6 Å². The van der Waals surface area contributed by atoms with Crippen molar-refractivity contribution in [1.29, 1.82) is 0 Å². The Kier molecular flexibility index (Phi) is 6.17. The Balaban J connectivity index is 2.61. The van der Waals surface area contributed by atoms with E-state index in [4.69, 9.17) is 0 Å². The molecule has 20 heavy (non-hydrogen) atoms. The van der Waals surface area contributed by atoms with E-state index >= 15 is 0 Å². The molecule has 1 aromatic carbocycles. The molecule has 1 rings (SSSR count). The van der Waals surface area contributed by atoms with Gasteiger partial charge in [-0.3, -0.25) is 4.99 Å². The first kappa shape index (κ1) is 16.2. The summed E-state index contributed by atoms with van der Waals surface area (Å²) in [7, 11) is -2.08. The van der Waals surface area contributed by atoms with Gasteiger partial charge in [-0.05, 0) is 12.1 Å². The third-order valence-corrected chi connectivity index (χ3v) is 4.22. The molecular formula is C13H18FN3O2S. The number of benzene rings is 1. The highest BCUT2D eigenvalue weighted by Gasteiger charge is 2.18. The van der Waals surface area contributed by atoms with Crippen LogP contribution >= 0.6 is 0 Å². The number of halogens is 1. The quantitative estimate of drug-likeness (QED) is 0.466. The molecule has 0 bridgehead atoms. The van der Waals surface area contributed by atoms with Crippen LogP contribution in [-0.2, 0) is 9.84 Å². The zero-order valence-corrected chi connectivity index (χ0v) is 12.1. The van der Waals surface area contributed by atoms with Gasteiger partial charge >= 0.3 is 0 Å². The van der Waals surface area contributed by atoms with Crippen LogP contribution in [0.5, 0.6) is 0 Å². The lowest BCUT2D eigenvalue weighted by Crippen LogP contribution is -2.39. The molecule has 0 saturated carbocycles. The summed E-state index contributed by atoms with van der Waals surface area (Å²) in [5.74, 6) is -0.488. The van der Waals surface area contributed by atoms with Crippen molar-refractivity contribution in [2.75, 3.05) is 25.9 Å². The lowest BCUT2D eigenvalue weighted by atomic mass is 10.3. The normalized spacial score (nSPS) is 12.0. The molecule has 0 amide bonds. The number of hydrogen-bond donors (Lipinski definition) is 2. The molecule has 0 unspecified atom stereocenters. The molecule has 0 saturated heterocycles. The third-order valence-electron chi connectivity index (χ3n) is 2.47. The fraction of sp³-hybridized carbons (Fsp3) is 0.308. The molecule has 7 heteroatoms. The van der Waals surface area contributed by atoms with E-state index in [0.717, 1.165) is 6.07 Å². The second-order valence-corrected chi connectivity index (χ2v) is 6.00. The molecule has 0 radical (unpaired) electrons. The van der Waals surface area contributed by atoms with E-state index in [1.807, 2.05) is 0 Å². The van der Waals surface area contributed by atoms with E-state index in [1.165, 1.54) is 18.2 Å². The minimum atomic E-state index is -3.66. The molecule has 0 aliphatic carbocycles. The van der Waals surface area contributed by atoms with Crippen molar-refractivity contribution in [2.45, 2.75) is 4.90 Å². The lowest BCUT2D eigenvalue weighted by molar-refractivity contribution is 0.566. The van der Waals surface area contributed by atoms with Gasteiger partial charge in [0.2, 0.25) is 0 Å². The molecule has 5 nitrogen and oxygen atoms in total. The average Bonchev–Trinajstić information content (AvgIpc) is 2.42. The van der Waals surface area contributed by atoms with Crippen molar-refractivity contribution in [2.24, 2.45) is 4.99 Å². The summed E-state index contributed by atoms with van der Waals surface area (Å²) in [5, 5.41) is 5.75. The van der Waals surface area contributed by atoms with Crippen molar-refractivity contribution >= 4 is 15.8 Å². The highest BCUT2D eigenvalue weighted by Crippen LogP contribution is 2.14. The number of nitrogens with zero attached hydrogens (tertiary/aromatic N) is 1. The summed E-state index contributed by atoms with van der Waals surface area (Å²) in [6, 6.07) is 5.34. The van der Waals surface area contributed by atoms with Gasteiger partial charge in [-0.25, -0.2) is 12.8 Å². The Morgan fingerprint density at radius 1 is 1.40 bits per heavy atom. The van der Waals surface area contributed by atoms with Gasteiger partial charge in [0.25, 0.3) is 0 Å². The molecule has 2 N–H and O–H groups in total. The van der Waals surface area contributed by atoms with Crippen LogP contribution in [0.25, 0.3) is 0 Å². The van der Waals surface area contributed by atoms with Gasteiger partial charge in [0, 0.05) is 20.1 Å². The van der Waals surface area contributed by atoms with Crippen molar-refractivity contribution in [3.63, 3.8) is 0 Å². The van der Waals surface area contributed by atoms with E-state index in [9.17, 15) is 12.8 Å². The van der Waals surface area contributed by atoms with Gasteiger partial charge in [-0.1, -0.05) is 18.2 Å². The number of rotatable bonds is 6. The van der Waals surface area contributed by atoms with E-state index in [-0.39, 0.29) is 17.2 Å². The number of hydrogen-bond acceptors (Lipinski definition) is 3. The van der Waals surface area contributed by atoms with Crippen molar-refractivity contribution in [3.8, 4) is 0 Å². The highest BCUT2D eigenvalue weighted by atomic mass is 32.2. The maximum absolute atomic E-state index is 13.5. The maximum atomic E-state index is 13.5. The standard InChI is InChI=1S/C13H18FN3O2S/c1-3-8-16-13(15-2)17-9-10-20(18,19)12-7-5-4-6-11(12)14/h3-7H,1,8-10H2,2H3,(H2,15,16,17). The molecule has 0 aliphatic rings. The van der Waals surface area contributed by atoms with Crippen molar-refractivity contribution in [1.82, 2.24) is 10.6 Å². The van der Waals surface area contributed by atoms with Crippen LogP contribution in [-0.4, -0.2) is 40.3 Å². The fourth-order valence-corrected chi connectivity index (χ4v) is 2.74. The second-order valence-electron chi connectivity index (χ2n) is 3.92. The Morgan fingerprint density at radius 3 is 2.70 bits per heavy atom. The zero-order valence-electron chi connectivity index (χ0n) is 11.3. The third kappa shape index (κ3) is 4.65. The molecule has 0 fully saturated rings. The van der Waals surface area contributed by atoms with Crippen molar-refractivity contribution < 1.29 is 12.8 Å². The molecule has 0 heterocycles. The number of sulfone groups is 1. The summed E-state index contributed by atoms with van der Waals surface area (Å²) in [5.41, 5.74) is 0. The average molecular weight is 299 g/mol. The Morgan fingerprint density at radius 2 is 2.10 bits per heavy atom. The predicted octanol–water partition coefficient (Wildman–Crippen LogP) is 0.950. The lowest BCUT2D eigenvalue weighted by Gasteiger charge is -2.11. The van der Waals surface area contributed by atoms with E-state index in [1.54, 1.807) is 13.1 Å². The van der Waals surface area contributed by atoms with Gasteiger partial charge in [0.1, 0.15) is 10.7 Å². The van der Waals surface area contributed by atoms with Gasteiger partial charge in [-0.2, -0.15) is 0 Å². The summed E-state index contributed by atoms with van der Waals surface area (Å²) in [6.07, 6.45) is 1.66. The van der Waals surface area contributed by atoms with Crippen LogP contribution in [0, 0.1) is 5.82 Å². The van der Waals surface area contributed by atoms with Crippen LogP contribution in [0.1, 0.15) is 0 Å². The Bertz CT molecular complexity index is 585. The van der Waals surface area contributed by atoms with Gasteiger partial charge in [-0.15, -0.1) is 6.58 Å². The van der Waals surface area contributed by atoms with Gasteiger partial charge < -0.3 is 10.6 Å². The Hall–Kier alpha value is -1.89. The summed E-state index contributed by atoms with van der Waals surface area (Å²) < 4.78 is 37.4. The number of guanidine groups is 1. The van der Waals surface area contributed by atoms with Gasteiger partial charge in [0.15, 0.2) is 15.8 Å². The number of nitrogens with one attached hydrogen (secondary N) is 2.